The number of aromatic nitrogens is 4. The number of aryl methyl sites for hydroxylation is 1. The molecule has 0 aromatic carbocycles. The Morgan fingerprint density at radius 1 is 1.17 bits per heavy atom. The van der Waals surface area contributed by atoms with Crippen LogP contribution in [-0.2, 0) is 0 Å². The van der Waals surface area contributed by atoms with Gasteiger partial charge in [-0.3, -0.25) is 0 Å². The molecule has 0 spiro atoms. The van der Waals surface area contributed by atoms with E-state index in [1.54, 1.807) is 0 Å². The van der Waals surface area contributed by atoms with E-state index in [9.17, 15) is 0 Å². The van der Waals surface area contributed by atoms with Gasteiger partial charge in [0.05, 0.1) is 0 Å². The lowest BCUT2D eigenvalue weighted by atomic mass is 10.2. The van der Waals surface area contributed by atoms with Crippen LogP contribution < -0.4 is 0 Å². The van der Waals surface area contributed by atoms with Gasteiger partial charge in [-0.05, 0) is 6.92 Å². The number of aromatic amines is 2. The lowest BCUT2D eigenvalue weighted by Crippen LogP contribution is -1.90. The molecule has 0 fully saturated rings. The van der Waals surface area contributed by atoms with Crippen LogP contribution in [-0.4, -0.2) is 19.9 Å². The molecule has 2 rings (SSSR count). The first-order valence-corrected chi connectivity index (χ1v) is 4.09. The lowest BCUT2D eigenvalue weighted by molar-refractivity contribution is 0.795. The Hall–Kier alpha value is -1.32. The van der Waals surface area contributed by atoms with Gasteiger partial charge in [-0.2, -0.15) is 0 Å². The maximum atomic E-state index is 4.34. The summed E-state index contributed by atoms with van der Waals surface area (Å²) in [5.41, 5.74) is 1.72. The smallest absolute Gasteiger partial charge is 0.197 e. The Labute approximate surface area is 70.4 Å². The van der Waals surface area contributed by atoms with Gasteiger partial charge in [0.2, 0.25) is 0 Å². The monoisotopic (exact) mass is 164 g/mol. The van der Waals surface area contributed by atoms with Crippen molar-refractivity contribution in [2.24, 2.45) is 0 Å². The van der Waals surface area contributed by atoms with E-state index in [1.807, 2.05) is 6.92 Å². The SMILES string of the molecule is Cc1nc2nc(C(C)C)[nH]c2[nH]1. The van der Waals surface area contributed by atoms with E-state index in [2.05, 4.69) is 33.8 Å². The van der Waals surface area contributed by atoms with Gasteiger partial charge >= 0.3 is 0 Å². The van der Waals surface area contributed by atoms with Crippen molar-refractivity contribution < 1.29 is 0 Å². The van der Waals surface area contributed by atoms with E-state index >= 15 is 0 Å². The summed E-state index contributed by atoms with van der Waals surface area (Å²) in [7, 11) is 0. The van der Waals surface area contributed by atoms with E-state index in [1.165, 1.54) is 0 Å². The van der Waals surface area contributed by atoms with Crippen LogP contribution in [0.2, 0.25) is 0 Å². The molecule has 0 atom stereocenters. The average molecular weight is 164 g/mol. The molecular weight excluding hydrogens is 152 g/mol. The molecule has 2 heterocycles. The van der Waals surface area contributed by atoms with Gasteiger partial charge in [0, 0.05) is 5.92 Å². The Balaban J connectivity index is 2.57. The molecule has 12 heavy (non-hydrogen) atoms. The third-order valence-corrected chi connectivity index (χ3v) is 1.83. The van der Waals surface area contributed by atoms with Crippen molar-refractivity contribution in [3.63, 3.8) is 0 Å². The Morgan fingerprint density at radius 2 is 1.92 bits per heavy atom. The van der Waals surface area contributed by atoms with Gasteiger partial charge in [-0.15, -0.1) is 0 Å². The fourth-order valence-corrected chi connectivity index (χ4v) is 1.19. The summed E-state index contributed by atoms with van der Waals surface area (Å²) in [5, 5.41) is 0. The number of nitrogens with one attached hydrogen (secondary N) is 2. The molecule has 0 radical (unpaired) electrons. The van der Waals surface area contributed by atoms with Crippen molar-refractivity contribution in [2.45, 2.75) is 26.7 Å². The van der Waals surface area contributed by atoms with Crippen LogP contribution in [0.25, 0.3) is 11.3 Å². The zero-order chi connectivity index (χ0) is 8.72. The van der Waals surface area contributed by atoms with E-state index in [4.69, 9.17) is 0 Å². The van der Waals surface area contributed by atoms with Gasteiger partial charge in [-0.25, -0.2) is 9.97 Å². The van der Waals surface area contributed by atoms with E-state index in [-0.39, 0.29) is 0 Å². The molecule has 0 bridgehead atoms. The number of rotatable bonds is 1. The summed E-state index contributed by atoms with van der Waals surface area (Å²) < 4.78 is 0. The molecule has 2 aromatic heterocycles. The minimum Gasteiger partial charge on any atom is -0.327 e. The van der Waals surface area contributed by atoms with E-state index < -0.39 is 0 Å². The quantitative estimate of drug-likeness (QED) is 0.674. The van der Waals surface area contributed by atoms with Crippen LogP contribution in [0.5, 0.6) is 0 Å². The lowest BCUT2D eigenvalue weighted by Gasteiger charge is -1.95. The molecule has 0 aliphatic rings. The number of hydrogen-bond acceptors (Lipinski definition) is 2. The maximum Gasteiger partial charge on any atom is 0.197 e. The first kappa shape index (κ1) is 7.34. The molecule has 0 amide bonds. The second-order valence-electron chi connectivity index (χ2n) is 3.30. The van der Waals surface area contributed by atoms with Crippen molar-refractivity contribution in [3.05, 3.63) is 11.6 Å². The van der Waals surface area contributed by atoms with Gasteiger partial charge in [0.1, 0.15) is 11.6 Å². The predicted molar refractivity (Wildman–Crippen MR) is 47.1 cm³/mol. The molecule has 0 saturated carbocycles. The Kier molecular flexibility index (Phi) is 1.43. The normalized spacial score (nSPS) is 11.7. The number of hydrogen-bond donors (Lipinski definition) is 2. The summed E-state index contributed by atoms with van der Waals surface area (Å²) in [5.74, 6) is 2.32. The van der Waals surface area contributed by atoms with Crippen LogP contribution >= 0.6 is 0 Å². The van der Waals surface area contributed by atoms with Gasteiger partial charge < -0.3 is 9.97 Å². The standard InChI is InChI=1S/C8H12N4/c1-4(2)6-11-7-8(12-6)10-5(3)9-7/h4H,1-3H3,(H,9,10)(H,11,12). The largest absolute Gasteiger partial charge is 0.327 e. The Bertz CT molecular complexity index is 365. The molecule has 4 heteroatoms. The van der Waals surface area contributed by atoms with Crippen molar-refractivity contribution in [3.8, 4) is 0 Å². The van der Waals surface area contributed by atoms with Crippen molar-refractivity contribution in [1.82, 2.24) is 19.9 Å². The first-order valence-electron chi connectivity index (χ1n) is 4.09. The second kappa shape index (κ2) is 2.33. The molecule has 64 valence electrons. The molecule has 2 N–H and O–H groups in total. The zero-order valence-electron chi connectivity index (χ0n) is 7.47. The molecular formula is C8H12N4. The van der Waals surface area contributed by atoms with E-state index in [0.717, 1.165) is 22.9 Å². The van der Waals surface area contributed by atoms with Gasteiger partial charge in [-0.1, -0.05) is 13.8 Å². The summed E-state index contributed by atoms with van der Waals surface area (Å²) in [4.78, 5) is 14.8. The summed E-state index contributed by atoms with van der Waals surface area (Å²) in [6.45, 7) is 6.12. The summed E-state index contributed by atoms with van der Waals surface area (Å²) in [6, 6.07) is 0. The minimum atomic E-state index is 0.424. The molecule has 2 aromatic rings. The molecule has 4 nitrogen and oxygen atoms in total. The first-order chi connectivity index (χ1) is 5.66. The molecule has 0 unspecified atom stereocenters. The van der Waals surface area contributed by atoms with Crippen LogP contribution in [0.15, 0.2) is 0 Å². The highest BCUT2D eigenvalue weighted by Gasteiger charge is 2.08. The highest BCUT2D eigenvalue weighted by atomic mass is 15.1. The highest BCUT2D eigenvalue weighted by molar-refractivity contribution is 5.66. The Morgan fingerprint density at radius 3 is 2.50 bits per heavy atom. The number of H-pyrrole nitrogens is 2. The van der Waals surface area contributed by atoms with Crippen molar-refractivity contribution >= 4 is 11.3 Å². The molecule has 0 saturated heterocycles. The topological polar surface area (TPSA) is 57.4 Å². The van der Waals surface area contributed by atoms with Crippen LogP contribution in [0.4, 0.5) is 0 Å². The van der Waals surface area contributed by atoms with Gasteiger partial charge in [0.15, 0.2) is 11.3 Å². The van der Waals surface area contributed by atoms with Crippen molar-refractivity contribution in [2.75, 3.05) is 0 Å². The highest BCUT2D eigenvalue weighted by Crippen LogP contribution is 2.14. The average Bonchev–Trinajstić information content (AvgIpc) is 2.42. The fourth-order valence-electron chi connectivity index (χ4n) is 1.19. The minimum absolute atomic E-state index is 0.424. The third kappa shape index (κ3) is 0.995. The predicted octanol–water partition coefficient (Wildman–Crippen LogP) is 1.72. The van der Waals surface area contributed by atoms with Gasteiger partial charge in [0.25, 0.3) is 0 Å². The number of nitrogens with zero attached hydrogens (tertiary/aromatic N) is 2. The zero-order valence-corrected chi connectivity index (χ0v) is 7.47. The summed E-state index contributed by atoms with van der Waals surface area (Å²) in [6.07, 6.45) is 0. The maximum absolute atomic E-state index is 4.34. The van der Waals surface area contributed by atoms with E-state index in [0.29, 0.717) is 5.92 Å². The van der Waals surface area contributed by atoms with Crippen LogP contribution in [0.3, 0.4) is 0 Å². The summed E-state index contributed by atoms with van der Waals surface area (Å²) >= 11 is 0. The van der Waals surface area contributed by atoms with Crippen LogP contribution in [0.1, 0.15) is 31.4 Å². The number of fused-ring (bicyclic) bond motifs is 1. The molecule has 0 aliphatic heterocycles. The molecule has 0 aliphatic carbocycles. The fraction of sp³-hybridized carbons (Fsp3) is 0.500. The van der Waals surface area contributed by atoms with Crippen molar-refractivity contribution in [1.29, 1.82) is 0 Å². The van der Waals surface area contributed by atoms with Crippen LogP contribution in [0, 0.1) is 6.92 Å². The number of imidazole rings is 2. The third-order valence-electron chi connectivity index (χ3n) is 1.83. The second-order valence-corrected chi connectivity index (χ2v) is 3.30.